The Balaban J connectivity index is 2.08. The summed E-state index contributed by atoms with van der Waals surface area (Å²) in [6.45, 7) is 4.86. The average molecular weight is 309 g/mol. The van der Waals surface area contributed by atoms with Crippen LogP contribution in [0.5, 0.6) is 0 Å². The van der Waals surface area contributed by atoms with Gasteiger partial charge < -0.3 is 5.32 Å². The normalized spacial score (nSPS) is 10.7. The molecular weight excluding hydrogens is 292 g/mol. The van der Waals surface area contributed by atoms with Crippen molar-refractivity contribution in [3.05, 3.63) is 39.8 Å². The fourth-order valence-electron chi connectivity index (χ4n) is 1.86. The minimum absolute atomic E-state index is 0.755. The number of hydrogen-bond donors (Lipinski definition) is 1. The lowest BCUT2D eigenvalue weighted by molar-refractivity contribution is 0.746. The van der Waals surface area contributed by atoms with Gasteiger partial charge in [-0.25, -0.2) is 4.98 Å². The van der Waals surface area contributed by atoms with Crippen molar-refractivity contribution < 1.29 is 0 Å². The number of halogens is 1. The van der Waals surface area contributed by atoms with E-state index in [0.717, 1.165) is 34.6 Å². The van der Waals surface area contributed by atoms with E-state index in [1.54, 1.807) is 0 Å². The second-order valence-electron chi connectivity index (χ2n) is 4.25. The largest absolute Gasteiger partial charge is 0.366 e. The summed E-state index contributed by atoms with van der Waals surface area (Å²) in [4.78, 5) is 4.46. The first-order chi connectivity index (χ1) is 8.60. The Hall–Kier alpha value is -1.36. The SMILES string of the molecule is CCc1nn(C)cc1CNc1ccc(Br)c(C)n1. The second kappa shape index (κ2) is 5.52. The smallest absolute Gasteiger partial charge is 0.126 e. The maximum atomic E-state index is 4.46. The van der Waals surface area contributed by atoms with Crippen molar-refractivity contribution in [2.75, 3.05) is 5.32 Å². The van der Waals surface area contributed by atoms with Crippen LogP contribution in [-0.2, 0) is 20.0 Å². The Morgan fingerprint density at radius 2 is 2.17 bits per heavy atom. The van der Waals surface area contributed by atoms with Gasteiger partial charge in [-0.05, 0) is 41.4 Å². The first-order valence-corrected chi connectivity index (χ1v) is 6.78. The minimum atomic E-state index is 0.755. The molecule has 0 aromatic carbocycles. The van der Waals surface area contributed by atoms with Crippen molar-refractivity contribution in [2.24, 2.45) is 7.05 Å². The summed E-state index contributed by atoms with van der Waals surface area (Å²) in [6.07, 6.45) is 3.00. The maximum absolute atomic E-state index is 4.46. The lowest BCUT2D eigenvalue weighted by atomic mass is 10.2. The molecule has 0 saturated heterocycles. The van der Waals surface area contributed by atoms with Crippen LogP contribution in [0.3, 0.4) is 0 Å². The zero-order valence-electron chi connectivity index (χ0n) is 10.9. The van der Waals surface area contributed by atoms with Gasteiger partial charge in [-0.3, -0.25) is 4.68 Å². The highest BCUT2D eigenvalue weighted by Gasteiger charge is 2.06. The van der Waals surface area contributed by atoms with Crippen LogP contribution in [0.1, 0.15) is 23.9 Å². The fraction of sp³-hybridized carbons (Fsp3) is 0.385. The maximum Gasteiger partial charge on any atom is 0.126 e. The molecule has 0 amide bonds. The molecular formula is C13H17BrN4. The minimum Gasteiger partial charge on any atom is -0.366 e. The summed E-state index contributed by atoms with van der Waals surface area (Å²) in [5.41, 5.74) is 3.35. The van der Waals surface area contributed by atoms with Gasteiger partial charge in [-0.2, -0.15) is 5.10 Å². The van der Waals surface area contributed by atoms with Crippen LogP contribution < -0.4 is 5.32 Å². The van der Waals surface area contributed by atoms with Crippen LogP contribution in [0.4, 0.5) is 5.82 Å². The highest BCUT2D eigenvalue weighted by Crippen LogP contribution is 2.17. The van der Waals surface area contributed by atoms with Gasteiger partial charge in [0.15, 0.2) is 0 Å². The average Bonchev–Trinajstić information content (AvgIpc) is 2.71. The lowest BCUT2D eigenvalue weighted by Gasteiger charge is -2.06. The number of pyridine rings is 1. The molecule has 0 unspecified atom stereocenters. The number of nitrogens with one attached hydrogen (secondary N) is 1. The number of rotatable bonds is 4. The summed E-state index contributed by atoms with van der Waals surface area (Å²) in [5, 5.41) is 7.75. The van der Waals surface area contributed by atoms with E-state index in [1.165, 1.54) is 5.56 Å². The van der Waals surface area contributed by atoms with Gasteiger partial charge in [-0.1, -0.05) is 6.92 Å². The summed E-state index contributed by atoms with van der Waals surface area (Å²) < 4.78 is 2.89. The van der Waals surface area contributed by atoms with Gasteiger partial charge in [0.2, 0.25) is 0 Å². The molecule has 0 spiro atoms. The van der Waals surface area contributed by atoms with Gasteiger partial charge in [0.05, 0.1) is 11.4 Å². The van der Waals surface area contributed by atoms with Crippen molar-refractivity contribution in [3.8, 4) is 0 Å². The van der Waals surface area contributed by atoms with Crippen molar-refractivity contribution in [1.82, 2.24) is 14.8 Å². The van der Waals surface area contributed by atoms with E-state index in [-0.39, 0.29) is 0 Å². The molecule has 0 aliphatic carbocycles. The number of hydrogen-bond acceptors (Lipinski definition) is 3. The van der Waals surface area contributed by atoms with Gasteiger partial charge in [0, 0.05) is 29.8 Å². The third kappa shape index (κ3) is 2.90. The molecule has 5 heteroatoms. The Kier molecular flexibility index (Phi) is 4.01. The van der Waals surface area contributed by atoms with Crippen LogP contribution in [0.2, 0.25) is 0 Å². The van der Waals surface area contributed by atoms with Crippen molar-refractivity contribution in [2.45, 2.75) is 26.8 Å². The van der Waals surface area contributed by atoms with Gasteiger partial charge in [0.1, 0.15) is 5.82 Å². The fourth-order valence-corrected chi connectivity index (χ4v) is 2.08. The van der Waals surface area contributed by atoms with E-state index < -0.39 is 0 Å². The van der Waals surface area contributed by atoms with Crippen molar-refractivity contribution in [3.63, 3.8) is 0 Å². The quantitative estimate of drug-likeness (QED) is 0.944. The van der Waals surface area contributed by atoms with E-state index in [0.29, 0.717) is 0 Å². The van der Waals surface area contributed by atoms with Crippen LogP contribution in [0.25, 0.3) is 0 Å². The van der Waals surface area contributed by atoms with Crippen LogP contribution in [-0.4, -0.2) is 14.8 Å². The molecule has 0 aliphatic heterocycles. The molecule has 2 aromatic rings. The highest BCUT2D eigenvalue weighted by molar-refractivity contribution is 9.10. The van der Waals surface area contributed by atoms with Crippen LogP contribution in [0.15, 0.2) is 22.8 Å². The standard InChI is InChI=1S/C13H17BrN4/c1-4-12-10(8-18(3)17-12)7-15-13-6-5-11(14)9(2)16-13/h5-6,8H,4,7H2,1-3H3,(H,15,16). The molecule has 0 saturated carbocycles. The zero-order valence-corrected chi connectivity index (χ0v) is 12.5. The predicted octanol–water partition coefficient (Wildman–Crippen LogP) is 3.06. The molecule has 0 radical (unpaired) electrons. The van der Waals surface area contributed by atoms with Crippen molar-refractivity contribution in [1.29, 1.82) is 0 Å². The second-order valence-corrected chi connectivity index (χ2v) is 5.10. The van der Waals surface area contributed by atoms with E-state index in [4.69, 9.17) is 0 Å². The molecule has 4 nitrogen and oxygen atoms in total. The Bertz CT molecular complexity index is 548. The van der Waals surface area contributed by atoms with Gasteiger partial charge >= 0.3 is 0 Å². The predicted molar refractivity (Wildman–Crippen MR) is 76.6 cm³/mol. The summed E-state index contributed by atoms with van der Waals surface area (Å²) in [7, 11) is 1.95. The van der Waals surface area contributed by atoms with Gasteiger partial charge in [-0.15, -0.1) is 0 Å². The lowest BCUT2D eigenvalue weighted by Crippen LogP contribution is -2.03. The van der Waals surface area contributed by atoms with E-state index >= 15 is 0 Å². The van der Waals surface area contributed by atoms with Crippen LogP contribution >= 0.6 is 15.9 Å². The monoisotopic (exact) mass is 308 g/mol. The Morgan fingerprint density at radius 1 is 1.39 bits per heavy atom. The molecule has 0 atom stereocenters. The Labute approximate surface area is 116 Å². The Morgan fingerprint density at radius 3 is 2.83 bits per heavy atom. The first kappa shape index (κ1) is 13.1. The molecule has 2 aromatic heterocycles. The summed E-state index contributed by atoms with van der Waals surface area (Å²) in [5.74, 6) is 0.890. The van der Waals surface area contributed by atoms with Gasteiger partial charge in [0.25, 0.3) is 0 Å². The molecule has 2 rings (SSSR count). The number of nitrogens with zero attached hydrogens (tertiary/aromatic N) is 3. The van der Waals surface area contributed by atoms with E-state index in [2.05, 4.69) is 44.4 Å². The molecule has 96 valence electrons. The van der Waals surface area contributed by atoms with E-state index in [9.17, 15) is 0 Å². The third-order valence-electron chi connectivity index (χ3n) is 2.81. The zero-order chi connectivity index (χ0) is 13.1. The molecule has 0 aliphatic rings. The third-order valence-corrected chi connectivity index (χ3v) is 3.65. The molecule has 18 heavy (non-hydrogen) atoms. The first-order valence-electron chi connectivity index (χ1n) is 5.98. The summed E-state index contributed by atoms with van der Waals surface area (Å²) in [6, 6.07) is 3.98. The molecule has 0 fully saturated rings. The van der Waals surface area contributed by atoms with E-state index in [1.807, 2.05) is 30.8 Å². The topological polar surface area (TPSA) is 42.7 Å². The van der Waals surface area contributed by atoms with Crippen LogP contribution in [0, 0.1) is 6.92 Å². The molecule has 2 heterocycles. The molecule has 0 bridgehead atoms. The number of anilines is 1. The number of aryl methyl sites for hydroxylation is 3. The van der Waals surface area contributed by atoms with Crippen molar-refractivity contribution >= 4 is 21.7 Å². The summed E-state index contributed by atoms with van der Waals surface area (Å²) >= 11 is 3.45. The molecule has 1 N–H and O–H groups in total. The highest BCUT2D eigenvalue weighted by atomic mass is 79.9. The number of aromatic nitrogens is 3.